The first kappa shape index (κ1) is 44.8. The number of carbonyl (C=O) groups excluding carboxylic acids is 3. The minimum Gasteiger partial charge on any atom is -0.458 e. The number of fused-ring (bicyclic) bond motifs is 1. The summed E-state index contributed by atoms with van der Waals surface area (Å²) in [6, 6.07) is -1.02. The summed E-state index contributed by atoms with van der Waals surface area (Å²) in [4.78, 5) is 48.5. The molecule has 3 rings (SSSR count). The van der Waals surface area contributed by atoms with Gasteiger partial charge in [-0.05, 0) is 98.3 Å². The number of hydrogen-bond acceptors (Lipinski definition) is 12. The average Bonchev–Trinajstić information content (AvgIpc) is 3.38. The molecule has 0 radical (unpaired) electrons. The summed E-state index contributed by atoms with van der Waals surface area (Å²) in [7, 11) is 5.29. The third-order valence-corrected chi connectivity index (χ3v) is 12.2. The van der Waals surface area contributed by atoms with Crippen LogP contribution in [0.25, 0.3) is 10.4 Å². The van der Waals surface area contributed by atoms with Crippen LogP contribution in [-0.4, -0.2) is 128 Å². The zero-order valence-corrected chi connectivity index (χ0v) is 34.3. The molecule has 300 valence electrons. The van der Waals surface area contributed by atoms with Gasteiger partial charge in [0.15, 0.2) is 26.1 Å². The summed E-state index contributed by atoms with van der Waals surface area (Å²) in [5.74, 6) is -3.24. The molecule has 53 heavy (non-hydrogen) atoms. The van der Waals surface area contributed by atoms with Gasteiger partial charge in [0.2, 0.25) is 0 Å². The van der Waals surface area contributed by atoms with Crippen molar-refractivity contribution in [1.29, 1.82) is 0 Å². The van der Waals surface area contributed by atoms with Crippen LogP contribution in [-0.2, 0) is 37.8 Å². The van der Waals surface area contributed by atoms with Crippen LogP contribution in [0.1, 0.15) is 87.0 Å². The molecule has 3 saturated heterocycles. The highest BCUT2D eigenvalue weighted by atomic mass is 31.1. The number of ether oxygens (including phenoxy) is 5. The fourth-order valence-electron chi connectivity index (χ4n) is 8.50. The van der Waals surface area contributed by atoms with Crippen LogP contribution in [0.15, 0.2) is 17.8 Å². The Balaban J connectivity index is 2.10. The lowest BCUT2D eigenvalue weighted by molar-refractivity contribution is -0.260. The predicted octanol–water partition coefficient (Wildman–Crippen LogP) is 5.91. The Kier molecular flexibility index (Phi) is 16.7. The van der Waals surface area contributed by atoms with Gasteiger partial charge in [-0.1, -0.05) is 32.0 Å². The van der Waals surface area contributed by atoms with Gasteiger partial charge in [0, 0.05) is 43.1 Å². The van der Waals surface area contributed by atoms with Gasteiger partial charge in [0.1, 0.15) is 17.7 Å². The van der Waals surface area contributed by atoms with Gasteiger partial charge in [-0.3, -0.25) is 19.1 Å². The number of nitrogens with zero attached hydrogens (tertiary/aromatic N) is 5. The average molecular weight is 767 g/mol. The number of carbonyl (C=O) groups is 3. The van der Waals surface area contributed by atoms with Crippen LogP contribution in [0.4, 0.5) is 4.79 Å². The highest BCUT2D eigenvalue weighted by Crippen LogP contribution is 2.41. The van der Waals surface area contributed by atoms with Crippen molar-refractivity contribution in [1.82, 2.24) is 15.1 Å². The first-order valence-electron chi connectivity index (χ1n) is 19.0. The second-order valence-electron chi connectivity index (χ2n) is 15.7. The number of azide groups is 1. The summed E-state index contributed by atoms with van der Waals surface area (Å²) < 4.78 is 44.3. The maximum absolute atomic E-state index is 14.4. The summed E-state index contributed by atoms with van der Waals surface area (Å²) in [5, 5.41) is 7.31. The van der Waals surface area contributed by atoms with E-state index in [1.165, 1.54) is 6.92 Å². The lowest BCUT2D eigenvalue weighted by Crippen LogP contribution is -2.61. The molecule has 0 aliphatic carbocycles. The van der Waals surface area contributed by atoms with Crippen molar-refractivity contribution in [3.05, 3.63) is 23.1 Å². The number of hydrogen-bond donors (Lipinski definition) is 1. The van der Waals surface area contributed by atoms with Gasteiger partial charge >= 0.3 is 12.1 Å². The lowest BCUT2D eigenvalue weighted by Gasteiger charge is -2.46. The standard InChI is InChI=1S/C37H63N6O9P/c1-12-16-26-31-37(8,52-35(46)43(31)18-15-14-17-40-41-38)28(13-2)50-33(45)25(6)29(44)24(5)32(36(7,48-11)20-22(3)21-39-26)51-34-30(53-47)27(42(9)10)19-23(4)49-34/h12,22-28,30-32,34,39H,1,13-21H2,2-11H3/t22-,23?,24+,25-,26-,27?,28-,30?,31-,32-,34+,36-,37-/m1/s1. The van der Waals surface area contributed by atoms with E-state index in [1.54, 1.807) is 31.9 Å². The number of Topliss-reactive ketones (excluding diaryl/α,β-unsaturated/α-hetero) is 1. The molecule has 15 nitrogen and oxygen atoms in total. The third-order valence-electron chi connectivity index (χ3n) is 11.4. The van der Waals surface area contributed by atoms with Crippen LogP contribution < -0.4 is 5.32 Å². The molecule has 13 atom stereocenters. The molecule has 1 amide bonds. The van der Waals surface area contributed by atoms with E-state index in [9.17, 15) is 18.9 Å². The third kappa shape index (κ3) is 10.4. The topological polar surface area (TPSA) is 182 Å². The molecule has 0 aromatic rings. The number of esters is 1. The van der Waals surface area contributed by atoms with E-state index in [0.717, 1.165) is 0 Å². The van der Waals surface area contributed by atoms with Gasteiger partial charge in [-0.25, -0.2) is 4.79 Å². The number of amides is 1. The van der Waals surface area contributed by atoms with Gasteiger partial charge in [0.05, 0.1) is 23.9 Å². The molecule has 0 aromatic heterocycles. The minimum absolute atomic E-state index is 0.0428. The van der Waals surface area contributed by atoms with Gasteiger partial charge in [-0.2, -0.15) is 0 Å². The number of rotatable bonds is 13. The van der Waals surface area contributed by atoms with Gasteiger partial charge < -0.3 is 33.9 Å². The molecular weight excluding hydrogens is 703 g/mol. The molecule has 0 aromatic carbocycles. The molecule has 3 aliphatic rings. The second kappa shape index (κ2) is 19.8. The van der Waals surface area contributed by atoms with Crippen LogP contribution in [0.3, 0.4) is 0 Å². The Morgan fingerprint density at radius 2 is 1.89 bits per heavy atom. The number of nitrogens with one attached hydrogen (secondary N) is 1. The lowest BCUT2D eigenvalue weighted by atomic mass is 9.78. The van der Waals surface area contributed by atoms with Crippen molar-refractivity contribution in [2.24, 2.45) is 22.9 Å². The highest BCUT2D eigenvalue weighted by Gasteiger charge is 2.59. The zero-order chi connectivity index (χ0) is 39.7. The van der Waals surface area contributed by atoms with Gasteiger partial charge in [0.25, 0.3) is 0 Å². The zero-order valence-electron chi connectivity index (χ0n) is 33.4. The summed E-state index contributed by atoms with van der Waals surface area (Å²) in [5.41, 5.74) is 5.85. The van der Waals surface area contributed by atoms with Crippen LogP contribution in [0.2, 0.25) is 0 Å². The Labute approximate surface area is 317 Å². The minimum atomic E-state index is -1.28. The molecule has 0 spiro atoms. The van der Waals surface area contributed by atoms with E-state index in [1.807, 2.05) is 39.8 Å². The number of unbranched alkanes of at least 4 members (excludes halogenated alkanes) is 1. The number of ketones is 1. The fourth-order valence-corrected chi connectivity index (χ4v) is 9.26. The molecule has 3 heterocycles. The number of cyclic esters (lactones) is 1. The Hall–Kier alpha value is -2.64. The Bertz CT molecular complexity index is 1340. The van der Waals surface area contributed by atoms with Crippen LogP contribution in [0.5, 0.6) is 0 Å². The number of methoxy groups -OCH3 is 1. The smallest absolute Gasteiger partial charge is 0.410 e. The molecule has 0 saturated carbocycles. The predicted molar refractivity (Wildman–Crippen MR) is 201 cm³/mol. The van der Waals surface area contributed by atoms with E-state index in [2.05, 4.69) is 28.8 Å². The van der Waals surface area contributed by atoms with Crippen LogP contribution >= 0.6 is 8.46 Å². The monoisotopic (exact) mass is 766 g/mol. The molecule has 16 heteroatoms. The first-order chi connectivity index (χ1) is 25.0. The largest absolute Gasteiger partial charge is 0.458 e. The van der Waals surface area contributed by atoms with Crippen molar-refractivity contribution in [3.63, 3.8) is 0 Å². The fraction of sp³-hybridized carbons (Fsp3) is 0.865. The van der Waals surface area contributed by atoms with E-state index in [4.69, 9.17) is 29.2 Å². The molecule has 0 bridgehead atoms. The quantitative estimate of drug-likeness (QED) is 0.0344. The Morgan fingerprint density at radius 3 is 2.47 bits per heavy atom. The summed E-state index contributed by atoms with van der Waals surface area (Å²) in [6.45, 7) is 17.9. The molecular formula is C37H63N6O9P. The summed E-state index contributed by atoms with van der Waals surface area (Å²) >= 11 is 0. The summed E-state index contributed by atoms with van der Waals surface area (Å²) in [6.07, 6.45) is 1.41. The maximum atomic E-state index is 14.4. The molecule has 3 unspecified atom stereocenters. The Morgan fingerprint density at radius 1 is 1.19 bits per heavy atom. The second-order valence-corrected chi connectivity index (χ2v) is 16.5. The van der Waals surface area contributed by atoms with E-state index >= 15 is 0 Å². The first-order valence-corrected chi connectivity index (χ1v) is 19.8. The van der Waals surface area contributed by atoms with Crippen molar-refractivity contribution in [2.45, 2.75) is 147 Å². The van der Waals surface area contributed by atoms with Crippen LogP contribution in [0, 0.1) is 17.8 Å². The highest BCUT2D eigenvalue weighted by molar-refractivity contribution is 7.25. The normalized spacial score (nSPS) is 39.0. The van der Waals surface area contributed by atoms with Crippen molar-refractivity contribution in [2.75, 3.05) is 40.8 Å². The van der Waals surface area contributed by atoms with Gasteiger partial charge in [-0.15, -0.1) is 6.58 Å². The van der Waals surface area contributed by atoms with Crippen molar-refractivity contribution in [3.8, 4) is 0 Å². The molecule has 3 fully saturated rings. The maximum Gasteiger partial charge on any atom is 0.410 e. The SMILES string of the molecule is C=CC[C@H]1NC[C@H](C)C[C@@](C)(OC)[C@H](O[C@@H]2OC(C)CC(N(C)C)C2P=O)[C@@H](C)C(=O)[C@@H](C)C(=O)O[C@H](CC)[C@@]2(C)OC(=O)N(CCCCN=[N+]=[N-])[C@H]12. The van der Waals surface area contributed by atoms with Crippen molar-refractivity contribution >= 4 is 26.3 Å². The molecule has 1 N–H and O–H groups in total. The van der Waals surface area contributed by atoms with E-state index in [0.29, 0.717) is 58.2 Å². The van der Waals surface area contributed by atoms with E-state index < -0.39 is 71.1 Å². The molecule has 3 aliphatic heterocycles. The van der Waals surface area contributed by atoms with E-state index in [-0.39, 0.29) is 32.6 Å². The van der Waals surface area contributed by atoms with Crippen molar-refractivity contribution < 1.29 is 42.6 Å².